The van der Waals surface area contributed by atoms with Crippen molar-refractivity contribution in [3.8, 4) is 0 Å². The van der Waals surface area contributed by atoms with E-state index in [2.05, 4.69) is 14.6 Å². The van der Waals surface area contributed by atoms with Crippen LogP contribution in [0.4, 0.5) is 0 Å². The molecule has 0 bridgehead atoms. The second-order valence-corrected chi connectivity index (χ2v) is 3.05. The van der Waals surface area contributed by atoms with Gasteiger partial charge in [-0.3, -0.25) is 9.74 Å². The Labute approximate surface area is 73.8 Å². The minimum atomic E-state index is 0.552. The minimum absolute atomic E-state index is 0.552. The summed E-state index contributed by atoms with van der Waals surface area (Å²) in [6.07, 6.45) is 0. The molecule has 1 heterocycles. The summed E-state index contributed by atoms with van der Waals surface area (Å²) in [6, 6.07) is 0. The summed E-state index contributed by atoms with van der Waals surface area (Å²) in [5, 5.41) is 0. The van der Waals surface area contributed by atoms with Gasteiger partial charge in [0.05, 0.1) is 0 Å². The molecule has 1 rings (SSSR count). The number of piperazine rings is 1. The van der Waals surface area contributed by atoms with Gasteiger partial charge in [0.2, 0.25) is 0 Å². The average Bonchev–Trinajstić information content (AvgIpc) is 2.09. The Morgan fingerprint density at radius 1 is 1.17 bits per heavy atom. The summed E-state index contributed by atoms with van der Waals surface area (Å²) in [6.45, 7) is 13.2. The van der Waals surface area contributed by atoms with Crippen LogP contribution in [-0.2, 0) is 0 Å². The summed E-state index contributed by atoms with van der Waals surface area (Å²) in [7, 11) is 0. The van der Waals surface area contributed by atoms with Crippen molar-refractivity contribution in [2.75, 3.05) is 45.9 Å². The van der Waals surface area contributed by atoms with Gasteiger partial charge in [-0.15, -0.1) is 0 Å². The normalized spacial score (nSPS) is 20.7. The lowest BCUT2D eigenvalue weighted by molar-refractivity contribution is 0.145. The highest BCUT2D eigenvalue weighted by Crippen LogP contribution is 1.99. The fourth-order valence-electron chi connectivity index (χ4n) is 1.44. The molecule has 0 aromatic carbocycles. The SMILES string of the molecule is [C-]#[N+]CN1CCN(CCN)CC1. The maximum absolute atomic E-state index is 6.72. The van der Waals surface area contributed by atoms with Crippen molar-refractivity contribution < 1.29 is 0 Å². The van der Waals surface area contributed by atoms with Crippen molar-refractivity contribution in [1.82, 2.24) is 9.80 Å². The Morgan fingerprint density at radius 2 is 1.75 bits per heavy atom. The zero-order chi connectivity index (χ0) is 8.81. The zero-order valence-corrected chi connectivity index (χ0v) is 7.37. The van der Waals surface area contributed by atoms with E-state index in [1.807, 2.05) is 0 Å². The van der Waals surface area contributed by atoms with Gasteiger partial charge in [-0.2, -0.15) is 0 Å². The molecule has 0 amide bonds. The Bertz CT molecular complexity index is 155. The molecule has 0 spiro atoms. The number of rotatable bonds is 3. The van der Waals surface area contributed by atoms with E-state index < -0.39 is 0 Å². The van der Waals surface area contributed by atoms with Crippen molar-refractivity contribution in [3.05, 3.63) is 11.4 Å². The number of hydrogen-bond donors (Lipinski definition) is 1. The van der Waals surface area contributed by atoms with Gasteiger partial charge < -0.3 is 5.73 Å². The topological polar surface area (TPSA) is 36.9 Å². The van der Waals surface area contributed by atoms with Gasteiger partial charge in [0.1, 0.15) is 0 Å². The second-order valence-electron chi connectivity index (χ2n) is 3.05. The van der Waals surface area contributed by atoms with Gasteiger partial charge in [0, 0.05) is 39.3 Å². The van der Waals surface area contributed by atoms with Gasteiger partial charge in [-0.05, 0) is 0 Å². The maximum Gasteiger partial charge on any atom is 0.270 e. The van der Waals surface area contributed by atoms with Crippen LogP contribution in [0.15, 0.2) is 0 Å². The molecule has 0 aromatic heterocycles. The highest BCUT2D eigenvalue weighted by molar-refractivity contribution is 4.73. The number of nitrogens with two attached hydrogens (primary N) is 1. The number of hydrogen-bond acceptors (Lipinski definition) is 3. The molecule has 0 aliphatic carbocycles. The summed E-state index contributed by atoms with van der Waals surface area (Å²) in [5.41, 5.74) is 5.45. The first-order valence-electron chi connectivity index (χ1n) is 4.35. The molecule has 2 N–H and O–H groups in total. The van der Waals surface area contributed by atoms with Crippen LogP contribution in [0, 0.1) is 6.57 Å². The van der Waals surface area contributed by atoms with Crippen molar-refractivity contribution in [1.29, 1.82) is 0 Å². The fourth-order valence-corrected chi connectivity index (χ4v) is 1.44. The van der Waals surface area contributed by atoms with Crippen molar-refractivity contribution in [3.63, 3.8) is 0 Å². The Hall–Kier alpha value is -0.630. The van der Waals surface area contributed by atoms with Gasteiger partial charge in [0.25, 0.3) is 6.67 Å². The summed E-state index contributed by atoms with van der Waals surface area (Å²) < 4.78 is 0. The van der Waals surface area contributed by atoms with Crippen LogP contribution in [0.25, 0.3) is 4.85 Å². The molecular weight excluding hydrogens is 152 g/mol. The molecule has 1 aliphatic rings. The minimum Gasteiger partial charge on any atom is -0.329 e. The lowest BCUT2D eigenvalue weighted by Crippen LogP contribution is -2.47. The fraction of sp³-hybridized carbons (Fsp3) is 0.875. The molecule has 1 aliphatic heterocycles. The van der Waals surface area contributed by atoms with Crippen LogP contribution in [0.3, 0.4) is 0 Å². The van der Waals surface area contributed by atoms with E-state index in [1.165, 1.54) is 0 Å². The molecule has 1 saturated heterocycles. The lowest BCUT2D eigenvalue weighted by Gasteiger charge is -2.31. The third kappa shape index (κ3) is 2.78. The van der Waals surface area contributed by atoms with E-state index in [9.17, 15) is 0 Å². The van der Waals surface area contributed by atoms with Crippen LogP contribution in [0.2, 0.25) is 0 Å². The summed E-state index contributed by atoms with van der Waals surface area (Å²) in [5.74, 6) is 0. The molecule has 4 nitrogen and oxygen atoms in total. The van der Waals surface area contributed by atoms with E-state index >= 15 is 0 Å². The largest absolute Gasteiger partial charge is 0.329 e. The summed E-state index contributed by atoms with van der Waals surface area (Å²) in [4.78, 5) is 7.89. The third-order valence-electron chi connectivity index (χ3n) is 2.18. The van der Waals surface area contributed by atoms with Gasteiger partial charge in [-0.1, -0.05) is 0 Å². The first-order chi connectivity index (χ1) is 5.86. The van der Waals surface area contributed by atoms with Crippen molar-refractivity contribution in [2.24, 2.45) is 5.73 Å². The molecule has 0 radical (unpaired) electrons. The molecule has 0 atom stereocenters. The standard InChI is InChI=1S/C8H16N4/c1-10-8-12-6-4-11(3-2-9)5-7-12/h2-9H2. The van der Waals surface area contributed by atoms with Gasteiger partial charge in [-0.25, -0.2) is 11.5 Å². The summed E-state index contributed by atoms with van der Waals surface area (Å²) >= 11 is 0. The Morgan fingerprint density at radius 3 is 2.25 bits per heavy atom. The van der Waals surface area contributed by atoms with Crippen LogP contribution in [0.5, 0.6) is 0 Å². The molecule has 0 unspecified atom stereocenters. The predicted molar refractivity (Wildman–Crippen MR) is 48.5 cm³/mol. The zero-order valence-electron chi connectivity index (χ0n) is 7.37. The van der Waals surface area contributed by atoms with E-state index in [1.54, 1.807) is 0 Å². The second kappa shape index (κ2) is 5.09. The van der Waals surface area contributed by atoms with Crippen molar-refractivity contribution >= 4 is 0 Å². The highest BCUT2D eigenvalue weighted by atomic mass is 15.3. The maximum atomic E-state index is 6.72. The van der Waals surface area contributed by atoms with Gasteiger partial charge in [0.15, 0.2) is 0 Å². The number of nitrogens with zero attached hydrogens (tertiary/aromatic N) is 3. The van der Waals surface area contributed by atoms with Crippen LogP contribution in [0.1, 0.15) is 0 Å². The van der Waals surface area contributed by atoms with Gasteiger partial charge >= 0.3 is 0 Å². The van der Waals surface area contributed by atoms with E-state index in [-0.39, 0.29) is 0 Å². The Kier molecular flexibility index (Phi) is 4.01. The van der Waals surface area contributed by atoms with E-state index in [0.717, 1.165) is 39.3 Å². The molecule has 4 heteroatoms. The van der Waals surface area contributed by atoms with Crippen LogP contribution in [-0.4, -0.2) is 55.7 Å². The quantitative estimate of drug-likeness (QED) is 0.574. The molecule has 68 valence electrons. The third-order valence-corrected chi connectivity index (χ3v) is 2.18. The van der Waals surface area contributed by atoms with Crippen molar-refractivity contribution in [2.45, 2.75) is 0 Å². The molecule has 0 aromatic rings. The molecule has 12 heavy (non-hydrogen) atoms. The lowest BCUT2D eigenvalue weighted by atomic mass is 10.3. The monoisotopic (exact) mass is 168 g/mol. The smallest absolute Gasteiger partial charge is 0.270 e. The van der Waals surface area contributed by atoms with Crippen LogP contribution >= 0.6 is 0 Å². The molecule has 1 fully saturated rings. The highest BCUT2D eigenvalue weighted by Gasteiger charge is 2.16. The first-order valence-corrected chi connectivity index (χ1v) is 4.35. The average molecular weight is 168 g/mol. The van der Waals surface area contributed by atoms with Crippen LogP contribution < -0.4 is 5.73 Å². The van der Waals surface area contributed by atoms with E-state index in [4.69, 9.17) is 12.3 Å². The predicted octanol–water partition coefficient (Wildman–Crippen LogP) is -0.561. The first kappa shape index (κ1) is 9.46. The molecular formula is C8H16N4. The van der Waals surface area contributed by atoms with E-state index in [0.29, 0.717) is 6.67 Å². The molecule has 0 saturated carbocycles. The Balaban J connectivity index is 2.16.